The lowest BCUT2D eigenvalue weighted by Gasteiger charge is -2.04. The van der Waals surface area contributed by atoms with Crippen LogP contribution in [0.25, 0.3) is 0 Å². The van der Waals surface area contributed by atoms with Crippen molar-refractivity contribution < 1.29 is 23.9 Å². The summed E-state index contributed by atoms with van der Waals surface area (Å²) < 4.78 is 4.23. The highest BCUT2D eigenvalue weighted by Gasteiger charge is 2.09. The molecule has 4 N–H and O–H groups in total. The molecule has 0 atom stereocenters. The molecule has 19 heavy (non-hydrogen) atoms. The average molecular weight is 273 g/mol. The molecule has 0 fully saturated rings. The molecule has 8 heteroatoms. The lowest BCUT2D eigenvalue weighted by atomic mass is 10.1. The highest BCUT2D eigenvalue weighted by Crippen LogP contribution is 1.95. The highest BCUT2D eigenvalue weighted by molar-refractivity contribution is 5.90. The van der Waals surface area contributed by atoms with Gasteiger partial charge in [0.1, 0.15) is 5.78 Å². The third kappa shape index (κ3) is 10.9. The zero-order chi connectivity index (χ0) is 14.7. The smallest absolute Gasteiger partial charge is 0.405 e. The van der Waals surface area contributed by atoms with Crippen molar-refractivity contribution in [2.75, 3.05) is 26.7 Å². The summed E-state index contributed by atoms with van der Waals surface area (Å²) in [6.45, 7) is -0.141. The van der Waals surface area contributed by atoms with Crippen LogP contribution >= 0.6 is 0 Å². The van der Waals surface area contributed by atoms with Gasteiger partial charge in [-0.05, 0) is 7.05 Å². The molecule has 0 bridgehead atoms. The molecule has 0 aliphatic heterocycles. The summed E-state index contributed by atoms with van der Waals surface area (Å²) in [5, 5.41) is 5.09. The Morgan fingerprint density at radius 1 is 1.05 bits per heavy atom. The number of nitrogens with two attached hydrogens (primary N) is 1. The Kier molecular flexibility index (Phi) is 8.98. The van der Waals surface area contributed by atoms with E-state index in [0.717, 1.165) is 0 Å². The molecule has 8 nitrogen and oxygen atoms in total. The molecule has 108 valence electrons. The molecule has 0 aliphatic carbocycles. The van der Waals surface area contributed by atoms with E-state index in [9.17, 15) is 19.2 Å². The topological polar surface area (TPSA) is 128 Å². The number of Topliss-reactive ketones (excluding diaryl/α,β-unsaturated/α-hetero) is 2. The predicted molar refractivity (Wildman–Crippen MR) is 66.3 cm³/mol. The molecule has 0 aromatic rings. The van der Waals surface area contributed by atoms with Crippen LogP contribution in [-0.4, -0.2) is 50.3 Å². The number of hydrogen-bond acceptors (Lipinski definition) is 6. The number of primary amides is 1. The van der Waals surface area contributed by atoms with Crippen molar-refractivity contribution >= 4 is 23.6 Å². The molecule has 0 aromatic carbocycles. The number of amides is 2. The number of carbonyl (C=O) groups excluding carboxylic acids is 4. The second-order valence-corrected chi connectivity index (χ2v) is 3.82. The third-order valence-electron chi connectivity index (χ3n) is 2.16. The Balaban J connectivity index is 3.66. The van der Waals surface area contributed by atoms with Crippen molar-refractivity contribution in [3.8, 4) is 0 Å². The van der Waals surface area contributed by atoms with Gasteiger partial charge in [-0.3, -0.25) is 14.4 Å². The van der Waals surface area contributed by atoms with Gasteiger partial charge in [-0.25, -0.2) is 4.79 Å². The normalized spacial score (nSPS) is 9.74. The van der Waals surface area contributed by atoms with Crippen LogP contribution in [0.2, 0.25) is 0 Å². The van der Waals surface area contributed by atoms with Crippen LogP contribution in [0.4, 0.5) is 4.79 Å². The number of rotatable bonds is 10. The van der Waals surface area contributed by atoms with Crippen molar-refractivity contribution in [1.29, 1.82) is 0 Å². The third-order valence-corrected chi connectivity index (χ3v) is 2.16. The Hall–Kier alpha value is -1.96. The first-order chi connectivity index (χ1) is 8.95. The van der Waals surface area contributed by atoms with E-state index < -0.39 is 18.6 Å². The number of carbonyl (C=O) groups is 4. The summed E-state index contributed by atoms with van der Waals surface area (Å²) in [5.74, 6) is -0.884. The Morgan fingerprint density at radius 3 is 2.26 bits per heavy atom. The molecule has 0 heterocycles. The van der Waals surface area contributed by atoms with Crippen molar-refractivity contribution in [1.82, 2.24) is 10.6 Å². The van der Waals surface area contributed by atoms with Gasteiger partial charge in [-0.2, -0.15) is 0 Å². The fraction of sp³-hybridized carbons (Fsp3) is 0.636. The zero-order valence-electron chi connectivity index (χ0n) is 10.9. The predicted octanol–water partition coefficient (Wildman–Crippen LogP) is -1.27. The average Bonchev–Trinajstić information content (AvgIpc) is 2.37. The van der Waals surface area contributed by atoms with Crippen molar-refractivity contribution in [2.24, 2.45) is 5.73 Å². The maximum atomic E-state index is 11.3. The summed E-state index contributed by atoms with van der Waals surface area (Å²) >= 11 is 0. The lowest BCUT2D eigenvalue weighted by Crippen LogP contribution is -2.34. The molecule has 0 saturated heterocycles. The Morgan fingerprint density at radius 2 is 1.68 bits per heavy atom. The van der Waals surface area contributed by atoms with Gasteiger partial charge in [0.05, 0.1) is 6.54 Å². The van der Waals surface area contributed by atoms with Gasteiger partial charge in [0.2, 0.25) is 0 Å². The van der Waals surface area contributed by atoms with E-state index >= 15 is 0 Å². The van der Waals surface area contributed by atoms with Gasteiger partial charge in [-0.15, -0.1) is 0 Å². The minimum absolute atomic E-state index is 0.00825. The standard InChI is InChI=1S/C11H19N3O5/c1-13-5-4-8(15)2-3-9(16)6-14-10(17)7-19-11(12)18/h13H,2-7H2,1H3,(H2,12,18)(H,14,17). The first-order valence-corrected chi connectivity index (χ1v) is 5.82. The molecular formula is C11H19N3O5. The quantitative estimate of drug-likeness (QED) is 0.455. The van der Waals surface area contributed by atoms with Crippen molar-refractivity contribution in [3.63, 3.8) is 0 Å². The molecular weight excluding hydrogens is 254 g/mol. The molecule has 0 rings (SSSR count). The summed E-state index contributed by atoms with van der Waals surface area (Å²) in [6, 6.07) is 0. The van der Waals surface area contributed by atoms with Crippen LogP contribution in [0.3, 0.4) is 0 Å². The van der Waals surface area contributed by atoms with E-state index in [2.05, 4.69) is 21.1 Å². The SMILES string of the molecule is CNCCC(=O)CCC(=O)CNC(=O)COC(N)=O. The summed E-state index contributed by atoms with van der Waals surface area (Å²) in [4.78, 5) is 43.9. The maximum Gasteiger partial charge on any atom is 0.405 e. The first-order valence-electron chi connectivity index (χ1n) is 5.82. The summed E-state index contributed by atoms with van der Waals surface area (Å²) in [5.41, 5.74) is 4.67. The summed E-state index contributed by atoms with van der Waals surface area (Å²) in [7, 11) is 1.74. The monoisotopic (exact) mass is 273 g/mol. The maximum absolute atomic E-state index is 11.3. The fourth-order valence-electron chi connectivity index (χ4n) is 1.14. The van der Waals surface area contributed by atoms with Gasteiger partial charge in [-0.1, -0.05) is 0 Å². The molecule has 0 aromatic heterocycles. The number of ether oxygens (including phenoxy) is 1. The molecule has 2 amide bonds. The molecule has 0 radical (unpaired) electrons. The van der Waals surface area contributed by atoms with E-state index in [1.165, 1.54) is 0 Å². The van der Waals surface area contributed by atoms with Crippen LogP contribution in [-0.2, 0) is 19.1 Å². The van der Waals surface area contributed by atoms with Crippen LogP contribution in [0.15, 0.2) is 0 Å². The fourth-order valence-corrected chi connectivity index (χ4v) is 1.14. The van der Waals surface area contributed by atoms with Gasteiger partial charge in [0, 0.05) is 25.8 Å². The zero-order valence-corrected chi connectivity index (χ0v) is 10.9. The van der Waals surface area contributed by atoms with E-state index in [1.54, 1.807) is 7.05 Å². The minimum atomic E-state index is -1.06. The van der Waals surface area contributed by atoms with Crippen LogP contribution in [0.5, 0.6) is 0 Å². The molecule has 0 spiro atoms. The van der Waals surface area contributed by atoms with Gasteiger partial charge >= 0.3 is 6.09 Å². The lowest BCUT2D eigenvalue weighted by molar-refractivity contribution is -0.127. The number of nitrogens with one attached hydrogen (secondary N) is 2. The van der Waals surface area contributed by atoms with Crippen molar-refractivity contribution in [3.05, 3.63) is 0 Å². The van der Waals surface area contributed by atoms with E-state index in [1.807, 2.05) is 0 Å². The Bertz CT molecular complexity index is 343. The Labute approximate surface area is 111 Å². The minimum Gasteiger partial charge on any atom is -0.440 e. The first kappa shape index (κ1) is 17.0. The highest BCUT2D eigenvalue weighted by atomic mass is 16.5. The van der Waals surface area contributed by atoms with Crippen LogP contribution < -0.4 is 16.4 Å². The number of ketones is 2. The molecule has 0 saturated carbocycles. The number of hydrogen-bond donors (Lipinski definition) is 3. The van der Waals surface area contributed by atoms with E-state index in [0.29, 0.717) is 13.0 Å². The second-order valence-electron chi connectivity index (χ2n) is 3.82. The summed E-state index contributed by atoms with van der Waals surface area (Å²) in [6.07, 6.45) is -0.437. The van der Waals surface area contributed by atoms with Crippen molar-refractivity contribution in [2.45, 2.75) is 19.3 Å². The largest absolute Gasteiger partial charge is 0.440 e. The van der Waals surface area contributed by atoms with E-state index in [4.69, 9.17) is 0 Å². The van der Waals surface area contributed by atoms with Crippen LogP contribution in [0.1, 0.15) is 19.3 Å². The van der Waals surface area contributed by atoms with Gasteiger partial charge in [0.25, 0.3) is 5.91 Å². The van der Waals surface area contributed by atoms with Crippen LogP contribution in [0, 0.1) is 0 Å². The van der Waals surface area contributed by atoms with Gasteiger partial charge in [0.15, 0.2) is 12.4 Å². The molecule has 0 unspecified atom stereocenters. The second kappa shape index (κ2) is 10.0. The van der Waals surface area contributed by atoms with Gasteiger partial charge < -0.3 is 21.1 Å². The molecule has 0 aliphatic rings. The van der Waals surface area contributed by atoms with E-state index in [-0.39, 0.29) is 31.0 Å².